The molecular weight excluding hydrogens is 499 g/mol. The van der Waals surface area contributed by atoms with Gasteiger partial charge in [0.05, 0.1) is 23.7 Å². The number of carbonyl (C=O) groups excluding carboxylic acids is 1. The Hall–Kier alpha value is -2.31. The first-order valence-electron chi connectivity index (χ1n) is 12.2. The van der Waals surface area contributed by atoms with E-state index in [1.165, 1.54) is 19.9 Å². The number of rotatable bonds is 9. The van der Waals surface area contributed by atoms with Crippen molar-refractivity contribution < 1.29 is 36.2 Å². The Labute approximate surface area is 213 Å². The summed E-state index contributed by atoms with van der Waals surface area (Å²) >= 11 is 0. The number of nitrogens with zero attached hydrogens (tertiary/aromatic N) is 1. The van der Waals surface area contributed by atoms with Gasteiger partial charge in [-0.2, -0.15) is 13.2 Å². The largest absolute Gasteiger partial charge is 0.416 e. The minimum Gasteiger partial charge on any atom is -0.381 e. The molecule has 0 unspecified atom stereocenters. The Kier molecular flexibility index (Phi) is 10.8. The van der Waals surface area contributed by atoms with Crippen molar-refractivity contribution in [2.45, 2.75) is 82.7 Å². The monoisotopic (exact) mass is 536 g/mol. The van der Waals surface area contributed by atoms with Crippen molar-refractivity contribution in [1.82, 2.24) is 15.3 Å². The van der Waals surface area contributed by atoms with E-state index < -0.39 is 17.7 Å². The summed E-state index contributed by atoms with van der Waals surface area (Å²) in [5.74, 6) is -2.69. The fourth-order valence-electron chi connectivity index (χ4n) is 3.59. The number of H-pyrrole nitrogens is 1. The highest BCUT2D eigenvalue weighted by atomic mass is 19.4. The Bertz CT molecular complexity index is 998. The van der Waals surface area contributed by atoms with Gasteiger partial charge in [-0.25, -0.2) is 13.8 Å². The maximum Gasteiger partial charge on any atom is 0.416 e. The van der Waals surface area contributed by atoms with Gasteiger partial charge in [0, 0.05) is 39.3 Å². The number of ether oxygens (including phenoxy) is 2. The number of aromatic amines is 1. The lowest BCUT2D eigenvalue weighted by Crippen LogP contribution is -2.42. The third-order valence-corrected chi connectivity index (χ3v) is 6.08. The van der Waals surface area contributed by atoms with Crippen LogP contribution in [0, 0.1) is 5.92 Å². The number of nitrogens with one attached hydrogen (secondary N) is 2. The SMILES string of the molecule is CC(C)(OCCc1nc2ccc(CNC(=O)CC3CC(F)(F)C3)cc2[nH]1)C(F)(F)F.CN.COC1CC1. The van der Waals surface area contributed by atoms with E-state index in [4.69, 9.17) is 9.47 Å². The van der Waals surface area contributed by atoms with Gasteiger partial charge in [0.25, 0.3) is 0 Å². The first-order chi connectivity index (χ1) is 17.3. The van der Waals surface area contributed by atoms with Crippen molar-refractivity contribution in [1.29, 1.82) is 0 Å². The van der Waals surface area contributed by atoms with E-state index in [9.17, 15) is 26.7 Å². The van der Waals surface area contributed by atoms with Crippen LogP contribution in [0.2, 0.25) is 0 Å². The summed E-state index contributed by atoms with van der Waals surface area (Å²) in [5.41, 5.74) is 4.39. The molecule has 0 atom stereocenters. The van der Waals surface area contributed by atoms with Crippen molar-refractivity contribution >= 4 is 16.9 Å². The van der Waals surface area contributed by atoms with E-state index in [0.717, 1.165) is 19.4 Å². The van der Waals surface area contributed by atoms with Gasteiger partial charge in [-0.1, -0.05) is 6.07 Å². The van der Waals surface area contributed by atoms with Crippen molar-refractivity contribution in [3.63, 3.8) is 0 Å². The predicted molar refractivity (Wildman–Crippen MR) is 130 cm³/mol. The van der Waals surface area contributed by atoms with E-state index >= 15 is 0 Å². The second-order valence-electron chi connectivity index (χ2n) is 9.69. The first kappa shape index (κ1) is 30.9. The van der Waals surface area contributed by atoms with Crippen molar-refractivity contribution in [3.8, 4) is 0 Å². The highest BCUT2D eigenvalue weighted by Crippen LogP contribution is 2.43. The molecule has 0 spiro atoms. The molecule has 1 amide bonds. The van der Waals surface area contributed by atoms with Crippen LogP contribution in [-0.2, 0) is 27.2 Å². The number of carbonyl (C=O) groups is 1. The first-order valence-corrected chi connectivity index (χ1v) is 12.2. The average molecular weight is 537 g/mol. The number of imidazole rings is 1. The van der Waals surface area contributed by atoms with E-state index in [0.29, 0.717) is 23.0 Å². The zero-order valence-electron chi connectivity index (χ0n) is 21.7. The second-order valence-corrected chi connectivity index (χ2v) is 9.69. The number of methoxy groups -OCH3 is 1. The number of benzene rings is 1. The van der Waals surface area contributed by atoms with Gasteiger partial charge in [-0.15, -0.1) is 0 Å². The molecule has 210 valence electrons. The number of aromatic nitrogens is 2. The van der Waals surface area contributed by atoms with E-state index in [1.54, 1.807) is 25.3 Å². The van der Waals surface area contributed by atoms with Crippen molar-refractivity contribution in [3.05, 3.63) is 29.6 Å². The number of amides is 1. The van der Waals surface area contributed by atoms with Crippen LogP contribution in [-0.4, -0.2) is 60.4 Å². The summed E-state index contributed by atoms with van der Waals surface area (Å²) in [6.45, 7) is 2.05. The standard InChI is InChI=1S/C20H24F5N3O2.C4H8O.CH5N/c1-18(2,20(23,24)25)30-6-5-16-27-14-4-3-12(7-15(14)28-16)11-26-17(29)8-13-9-19(21,22)10-13;1-5-4-2-3-4;1-2/h3-4,7,13H,5-6,8-11H2,1-2H3,(H,26,29)(H,27,28);4H,2-3H2,1H3;2H2,1H3. The smallest absolute Gasteiger partial charge is 0.381 e. The highest BCUT2D eigenvalue weighted by molar-refractivity contribution is 5.78. The predicted octanol–water partition coefficient (Wildman–Crippen LogP) is 4.88. The Morgan fingerprint density at radius 3 is 2.38 bits per heavy atom. The van der Waals surface area contributed by atoms with Crippen LogP contribution in [0.1, 0.15) is 57.3 Å². The van der Waals surface area contributed by atoms with Crippen LogP contribution in [0.15, 0.2) is 18.2 Å². The number of halogens is 5. The molecule has 37 heavy (non-hydrogen) atoms. The minimum atomic E-state index is -4.46. The fraction of sp³-hybridized carbons (Fsp3) is 0.680. The molecule has 2 aliphatic rings. The van der Waals surface area contributed by atoms with Gasteiger partial charge < -0.3 is 25.5 Å². The van der Waals surface area contributed by atoms with Crippen LogP contribution < -0.4 is 11.1 Å². The maximum absolute atomic E-state index is 12.8. The molecule has 0 bridgehead atoms. The van der Waals surface area contributed by atoms with E-state index in [-0.39, 0.29) is 50.7 Å². The Morgan fingerprint density at radius 1 is 1.22 bits per heavy atom. The van der Waals surface area contributed by atoms with Crippen molar-refractivity contribution in [2.75, 3.05) is 20.8 Å². The van der Waals surface area contributed by atoms with Gasteiger partial charge in [-0.3, -0.25) is 4.79 Å². The second kappa shape index (κ2) is 13.0. The van der Waals surface area contributed by atoms with Crippen LogP contribution in [0.4, 0.5) is 22.0 Å². The summed E-state index contributed by atoms with van der Waals surface area (Å²) in [7, 11) is 3.26. The summed E-state index contributed by atoms with van der Waals surface area (Å²) < 4.78 is 73.9. The quantitative estimate of drug-likeness (QED) is 0.397. The van der Waals surface area contributed by atoms with E-state index in [2.05, 4.69) is 21.0 Å². The summed E-state index contributed by atoms with van der Waals surface area (Å²) in [6, 6.07) is 5.29. The topological polar surface area (TPSA) is 102 Å². The Morgan fingerprint density at radius 2 is 1.86 bits per heavy atom. The van der Waals surface area contributed by atoms with Gasteiger partial charge in [0.2, 0.25) is 11.8 Å². The molecule has 12 heteroatoms. The van der Waals surface area contributed by atoms with E-state index in [1.807, 2.05) is 0 Å². The molecule has 1 heterocycles. The zero-order valence-corrected chi connectivity index (χ0v) is 21.7. The van der Waals surface area contributed by atoms with Gasteiger partial charge in [-0.05, 0) is 57.4 Å². The minimum absolute atomic E-state index is 0.0836. The molecule has 1 aromatic carbocycles. The highest BCUT2D eigenvalue weighted by Gasteiger charge is 2.48. The fourth-order valence-corrected chi connectivity index (χ4v) is 3.59. The van der Waals surface area contributed by atoms with Gasteiger partial charge in [0.15, 0.2) is 5.60 Å². The molecule has 7 nitrogen and oxygen atoms in total. The van der Waals surface area contributed by atoms with Gasteiger partial charge >= 0.3 is 6.18 Å². The molecule has 2 saturated carbocycles. The van der Waals surface area contributed by atoms with Crippen molar-refractivity contribution in [2.24, 2.45) is 11.7 Å². The molecule has 0 aliphatic heterocycles. The molecule has 4 N–H and O–H groups in total. The number of nitrogens with two attached hydrogens (primary N) is 1. The number of fused-ring (bicyclic) bond motifs is 1. The van der Waals surface area contributed by atoms with Crippen LogP contribution in [0.5, 0.6) is 0 Å². The Balaban J connectivity index is 0.000000602. The molecule has 2 aliphatic carbocycles. The summed E-state index contributed by atoms with van der Waals surface area (Å²) in [4.78, 5) is 19.3. The lowest BCUT2D eigenvalue weighted by Gasteiger charge is -2.34. The number of hydrogen-bond donors (Lipinski definition) is 3. The lowest BCUT2D eigenvalue weighted by atomic mass is 9.79. The zero-order chi connectivity index (χ0) is 27.9. The molecule has 2 aromatic rings. The third kappa shape index (κ3) is 9.82. The average Bonchev–Trinajstić information content (AvgIpc) is 3.56. The van der Waals surface area contributed by atoms with Crippen LogP contribution in [0.25, 0.3) is 11.0 Å². The third-order valence-electron chi connectivity index (χ3n) is 6.08. The maximum atomic E-state index is 12.8. The molecule has 4 rings (SSSR count). The number of alkyl halides is 5. The lowest BCUT2D eigenvalue weighted by molar-refractivity contribution is -0.263. The summed E-state index contributed by atoms with van der Waals surface area (Å²) in [5, 5.41) is 2.72. The van der Waals surface area contributed by atoms with Crippen LogP contribution in [0.3, 0.4) is 0 Å². The molecule has 0 saturated heterocycles. The molecular formula is C25H37F5N4O3. The molecule has 1 aromatic heterocycles. The normalized spacial score (nSPS) is 17.2. The summed E-state index contributed by atoms with van der Waals surface area (Å²) in [6.07, 6.45) is -1.46. The molecule has 0 radical (unpaired) electrons. The molecule has 2 fully saturated rings. The number of hydrogen-bond acceptors (Lipinski definition) is 5. The van der Waals surface area contributed by atoms with Crippen LogP contribution >= 0.6 is 0 Å². The van der Waals surface area contributed by atoms with Gasteiger partial charge in [0.1, 0.15) is 5.82 Å².